The third-order valence-electron chi connectivity index (χ3n) is 11.0. The van der Waals surface area contributed by atoms with Crippen LogP contribution >= 0.6 is 0 Å². The predicted molar refractivity (Wildman–Crippen MR) is 246 cm³/mol. The van der Waals surface area contributed by atoms with Gasteiger partial charge in [-0.15, -0.1) is 0 Å². The lowest BCUT2D eigenvalue weighted by molar-refractivity contribution is 0.669. The zero-order valence-corrected chi connectivity index (χ0v) is 32.9. The molecule has 6 nitrogen and oxygen atoms in total. The summed E-state index contributed by atoms with van der Waals surface area (Å²) in [5.74, 6) is 2.49. The van der Waals surface area contributed by atoms with E-state index in [9.17, 15) is 0 Å². The maximum atomic E-state index is 6.27. The summed E-state index contributed by atoms with van der Waals surface area (Å²) < 4.78 is 6.27. The Hall–Kier alpha value is -8.35. The lowest BCUT2D eigenvalue weighted by Gasteiger charge is -2.12. The smallest absolute Gasteiger partial charge is 0.164 e. The lowest BCUT2D eigenvalue weighted by atomic mass is 9.99. The van der Waals surface area contributed by atoms with Gasteiger partial charge in [0.15, 0.2) is 23.3 Å². The molecule has 0 saturated carbocycles. The summed E-state index contributed by atoms with van der Waals surface area (Å²) in [7, 11) is 0. The van der Waals surface area contributed by atoms with Crippen molar-refractivity contribution in [2.24, 2.45) is 0 Å². The van der Waals surface area contributed by atoms with Crippen molar-refractivity contribution in [3.05, 3.63) is 212 Å². The summed E-state index contributed by atoms with van der Waals surface area (Å²) >= 11 is 0. The number of aromatic nitrogens is 5. The second-order valence-corrected chi connectivity index (χ2v) is 14.9. The predicted octanol–water partition coefficient (Wildman–Crippen LogP) is 13.9. The molecule has 61 heavy (non-hydrogen) atoms. The molecule has 0 unspecified atom stereocenters. The number of benzene rings is 8. The average Bonchev–Trinajstić information content (AvgIpc) is 3.73. The molecule has 0 aliphatic heterocycles. The summed E-state index contributed by atoms with van der Waals surface area (Å²) in [5, 5.41) is 2.17. The van der Waals surface area contributed by atoms with Crippen LogP contribution in [0.1, 0.15) is 0 Å². The zero-order valence-electron chi connectivity index (χ0n) is 32.9. The number of nitrogens with zero attached hydrogens (tertiary/aromatic N) is 5. The normalized spacial score (nSPS) is 11.3. The van der Waals surface area contributed by atoms with E-state index >= 15 is 0 Å². The van der Waals surface area contributed by atoms with Gasteiger partial charge >= 0.3 is 0 Å². The number of rotatable bonds is 8. The third kappa shape index (κ3) is 7.13. The van der Waals surface area contributed by atoms with Crippen molar-refractivity contribution in [3.63, 3.8) is 0 Å². The molecule has 3 heterocycles. The van der Waals surface area contributed by atoms with Gasteiger partial charge < -0.3 is 4.42 Å². The first-order valence-electron chi connectivity index (χ1n) is 20.2. The number of furan rings is 1. The molecule has 0 saturated heterocycles. The third-order valence-corrected chi connectivity index (χ3v) is 11.0. The highest BCUT2D eigenvalue weighted by Gasteiger charge is 2.16. The van der Waals surface area contributed by atoms with Gasteiger partial charge in [0, 0.05) is 44.2 Å². The Labute approximate surface area is 352 Å². The number of hydrogen-bond donors (Lipinski definition) is 0. The molecule has 0 radical (unpaired) electrons. The van der Waals surface area contributed by atoms with E-state index in [2.05, 4.69) is 127 Å². The molecule has 0 atom stereocenters. The van der Waals surface area contributed by atoms with Gasteiger partial charge in [-0.05, 0) is 58.7 Å². The molecule has 8 aromatic carbocycles. The highest BCUT2D eigenvalue weighted by atomic mass is 16.3. The minimum absolute atomic E-state index is 0.600. The fraction of sp³-hybridized carbons (Fsp3) is 0. The van der Waals surface area contributed by atoms with E-state index in [4.69, 9.17) is 29.3 Å². The summed E-state index contributed by atoms with van der Waals surface area (Å²) in [6.45, 7) is 0. The van der Waals surface area contributed by atoms with Gasteiger partial charge in [0.1, 0.15) is 11.2 Å². The molecule has 11 aromatic rings. The Morgan fingerprint density at radius 3 is 1.26 bits per heavy atom. The lowest BCUT2D eigenvalue weighted by Crippen LogP contribution is -2.00. The molecule has 0 spiro atoms. The second kappa shape index (κ2) is 15.4. The zero-order chi connectivity index (χ0) is 40.5. The Morgan fingerprint density at radius 1 is 0.230 bits per heavy atom. The molecule has 0 amide bonds. The van der Waals surface area contributed by atoms with Crippen LogP contribution in [0.4, 0.5) is 0 Å². The van der Waals surface area contributed by atoms with E-state index in [-0.39, 0.29) is 0 Å². The van der Waals surface area contributed by atoms with Gasteiger partial charge in [0.05, 0.1) is 11.4 Å². The van der Waals surface area contributed by atoms with Crippen LogP contribution in [-0.2, 0) is 0 Å². The van der Waals surface area contributed by atoms with Crippen molar-refractivity contribution in [2.75, 3.05) is 0 Å². The highest BCUT2D eigenvalue weighted by Crippen LogP contribution is 2.35. The molecule has 0 N–H and O–H groups in total. The molecule has 6 heteroatoms. The minimum Gasteiger partial charge on any atom is -0.456 e. The van der Waals surface area contributed by atoms with Crippen LogP contribution in [0.5, 0.6) is 0 Å². The van der Waals surface area contributed by atoms with Crippen molar-refractivity contribution in [1.29, 1.82) is 0 Å². The first kappa shape index (κ1) is 35.8. The van der Waals surface area contributed by atoms with Crippen LogP contribution in [0, 0.1) is 0 Å². The largest absolute Gasteiger partial charge is 0.456 e. The van der Waals surface area contributed by atoms with Crippen molar-refractivity contribution in [3.8, 4) is 90.3 Å². The van der Waals surface area contributed by atoms with Crippen LogP contribution in [0.3, 0.4) is 0 Å². The van der Waals surface area contributed by atoms with Gasteiger partial charge in [-0.25, -0.2) is 24.9 Å². The van der Waals surface area contributed by atoms with Gasteiger partial charge in [0.25, 0.3) is 0 Å². The molecule has 286 valence electrons. The minimum atomic E-state index is 0.600. The molecule has 0 fully saturated rings. The van der Waals surface area contributed by atoms with Crippen LogP contribution in [-0.4, -0.2) is 24.9 Å². The Morgan fingerprint density at radius 2 is 0.623 bits per heavy atom. The molecule has 3 aromatic heterocycles. The SMILES string of the molecule is c1ccc(-c2ccc(-c3nc(-c4ccccc4)nc(-c4cccc(-c5cccc(-c6cc(-c7ccc8c(c7)oc7ccccc78)nc(-c7ccccc7)n6)c5)c4)n3)cc2)cc1. The molecule has 0 aliphatic rings. The monoisotopic (exact) mass is 781 g/mol. The van der Waals surface area contributed by atoms with Crippen LogP contribution in [0.15, 0.2) is 217 Å². The van der Waals surface area contributed by atoms with Gasteiger partial charge in [0.2, 0.25) is 0 Å². The Balaban J connectivity index is 0.977. The van der Waals surface area contributed by atoms with Crippen molar-refractivity contribution < 1.29 is 4.42 Å². The van der Waals surface area contributed by atoms with Gasteiger partial charge in [-0.2, -0.15) is 0 Å². The van der Waals surface area contributed by atoms with Crippen molar-refractivity contribution in [1.82, 2.24) is 24.9 Å². The summed E-state index contributed by atoms with van der Waals surface area (Å²) in [6.07, 6.45) is 0. The number of fused-ring (bicyclic) bond motifs is 3. The second-order valence-electron chi connectivity index (χ2n) is 14.9. The summed E-state index contributed by atoms with van der Waals surface area (Å²) in [4.78, 5) is 25.3. The topological polar surface area (TPSA) is 77.6 Å². The quantitative estimate of drug-likeness (QED) is 0.153. The van der Waals surface area contributed by atoms with E-state index < -0.39 is 0 Å². The van der Waals surface area contributed by atoms with Gasteiger partial charge in [-0.1, -0.05) is 176 Å². The van der Waals surface area contributed by atoms with Crippen molar-refractivity contribution >= 4 is 21.9 Å². The summed E-state index contributed by atoms with van der Waals surface area (Å²) in [6, 6.07) is 72.3. The summed E-state index contributed by atoms with van der Waals surface area (Å²) in [5.41, 5.74) is 13.3. The van der Waals surface area contributed by atoms with E-state index in [0.29, 0.717) is 23.3 Å². The first-order chi connectivity index (χ1) is 30.2. The number of para-hydroxylation sites is 1. The number of hydrogen-bond acceptors (Lipinski definition) is 6. The van der Waals surface area contributed by atoms with E-state index in [0.717, 1.165) is 89.0 Å². The van der Waals surface area contributed by atoms with Gasteiger partial charge in [-0.3, -0.25) is 0 Å². The van der Waals surface area contributed by atoms with Crippen molar-refractivity contribution in [2.45, 2.75) is 0 Å². The van der Waals surface area contributed by atoms with E-state index in [1.54, 1.807) is 0 Å². The average molecular weight is 782 g/mol. The Bertz CT molecular complexity index is 3350. The van der Waals surface area contributed by atoms with Crippen LogP contribution in [0.2, 0.25) is 0 Å². The standard InChI is InChI=1S/C55H35N5O/c1-4-14-36(15-5-1)37-26-28-40(29-27-37)54-58-53(39-18-8-3-9-19-39)59-55(60-54)45-23-13-21-42(33-45)41-20-12-22-43(32-41)48-35-49(57-52(56-48)38-16-6-2-7-17-38)44-30-31-47-46-24-10-11-25-50(46)61-51(47)34-44/h1-35H. The molecular formula is C55H35N5O. The molecule has 11 rings (SSSR count). The fourth-order valence-electron chi connectivity index (χ4n) is 7.83. The molecular weight excluding hydrogens is 747 g/mol. The van der Waals surface area contributed by atoms with Crippen LogP contribution in [0.25, 0.3) is 112 Å². The highest BCUT2D eigenvalue weighted by molar-refractivity contribution is 6.05. The molecule has 0 bridgehead atoms. The van der Waals surface area contributed by atoms with E-state index in [1.807, 2.05) is 84.9 Å². The first-order valence-corrected chi connectivity index (χ1v) is 20.2. The van der Waals surface area contributed by atoms with Crippen LogP contribution < -0.4 is 0 Å². The van der Waals surface area contributed by atoms with E-state index in [1.165, 1.54) is 0 Å². The Kier molecular flexibility index (Phi) is 9.06. The maximum Gasteiger partial charge on any atom is 0.164 e. The fourth-order valence-corrected chi connectivity index (χ4v) is 7.83. The molecule has 0 aliphatic carbocycles. The maximum absolute atomic E-state index is 6.27.